The van der Waals surface area contributed by atoms with Crippen LogP contribution >= 0.6 is 11.8 Å². The molecule has 0 aromatic heterocycles. The number of nitrogens with zero attached hydrogens (tertiary/aromatic N) is 1. The molecule has 2 aromatic carbocycles. The Morgan fingerprint density at radius 2 is 1.59 bits per heavy atom. The number of rotatable bonds is 6. The third-order valence-electron chi connectivity index (χ3n) is 3.84. The first-order valence-corrected chi connectivity index (χ1v) is 9.18. The van der Waals surface area contributed by atoms with Crippen LogP contribution in [-0.2, 0) is 9.59 Å². The summed E-state index contributed by atoms with van der Waals surface area (Å²) in [5.41, 5.74) is 0.391. The van der Waals surface area contributed by atoms with Gasteiger partial charge in [-0.15, -0.1) is 24.9 Å². The highest BCUT2D eigenvalue weighted by Gasteiger charge is 2.40. The number of hydrogen-bond acceptors (Lipinski definition) is 5. The molecule has 0 saturated carbocycles. The first-order chi connectivity index (χ1) is 13.7. The monoisotopic (exact) mass is 427 g/mol. The van der Waals surface area contributed by atoms with E-state index in [0.717, 1.165) is 53.1 Å². The molecule has 1 N–H and O–H groups in total. The van der Waals surface area contributed by atoms with E-state index in [2.05, 4.69) is 4.74 Å². The quantitative estimate of drug-likeness (QED) is 0.562. The number of alkyl halides is 3. The van der Waals surface area contributed by atoms with Gasteiger partial charge in [0.2, 0.25) is 0 Å². The zero-order chi connectivity index (χ0) is 21.2. The highest BCUT2D eigenvalue weighted by atomic mass is 32.2. The fourth-order valence-electron chi connectivity index (χ4n) is 2.69. The molecule has 0 fully saturated rings. The number of thioether (sulfide) groups is 1. The number of hydrogen-bond donors (Lipinski definition) is 1. The summed E-state index contributed by atoms with van der Waals surface area (Å²) in [6.45, 7) is -0.240. The number of amides is 2. The molecule has 0 saturated heterocycles. The molecule has 0 spiro atoms. The van der Waals surface area contributed by atoms with Gasteiger partial charge in [0.25, 0.3) is 11.8 Å². The summed E-state index contributed by atoms with van der Waals surface area (Å²) in [5, 5.41) is 9.07. The summed E-state index contributed by atoms with van der Waals surface area (Å²) in [5.74, 6) is -2.26. The van der Waals surface area contributed by atoms with Crippen LogP contribution in [0.3, 0.4) is 0 Å². The smallest absolute Gasteiger partial charge is 0.406 e. The normalized spacial score (nSPS) is 14.7. The summed E-state index contributed by atoms with van der Waals surface area (Å²) in [6, 6.07) is 9.25. The third kappa shape index (κ3) is 4.60. The first kappa shape index (κ1) is 20.9. The van der Waals surface area contributed by atoms with Gasteiger partial charge >= 0.3 is 6.36 Å². The Hall–Kier alpha value is -2.85. The number of carbonyl (C=O) groups is 2. The molecule has 29 heavy (non-hydrogen) atoms. The highest BCUT2D eigenvalue weighted by molar-refractivity contribution is 8.04. The second kappa shape index (κ2) is 8.26. The lowest BCUT2D eigenvalue weighted by Crippen LogP contribution is -2.31. The molecule has 1 heterocycles. The summed E-state index contributed by atoms with van der Waals surface area (Å²) in [6.07, 6.45) is -4.87. The van der Waals surface area contributed by atoms with Crippen LogP contribution in [0.15, 0.2) is 53.4 Å². The fraction of sp³-hybridized carbons (Fsp3) is 0.158. The molecule has 5 nitrogen and oxygen atoms in total. The van der Waals surface area contributed by atoms with Crippen LogP contribution in [-0.4, -0.2) is 35.6 Å². The Morgan fingerprint density at radius 3 is 2.14 bits per heavy atom. The van der Waals surface area contributed by atoms with Crippen LogP contribution in [0.2, 0.25) is 0 Å². The summed E-state index contributed by atoms with van der Waals surface area (Å²) < 4.78 is 53.9. The van der Waals surface area contributed by atoms with Gasteiger partial charge in [-0.3, -0.25) is 9.59 Å². The van der Waals surface area contributed by atoms with E-state index >= 15 is 0 Å². The van der Waals surface area contributed by atoms with Crippen molar-refractivity contribution in [1.82, 2.24) is 0 Å². The molecule has 0 atom stereocenters. The summed E-state index contributed by atoms with van der Waals surface area (Å²) in [7, 11) is 0. The van der Waals surface area contributed by atoms with Crippen LogP contribution in [0, 0.1) is 5.82 Å². The number of carbonyl (C=O) groups excluding carboxylic acids is 2. The molecule has 3 rings (SSSR count). The Bertz CT molecular complexity index is 956. The topological polar surface area (TPSA) is 66.8 Å². The van der Waals surface area contributed by atoms with Crippen molar-refractivity contribution in [2.75, 3.05) is 17.3 Å². The standard InChI is InChI=1S/C19H13F4NO4S/c20-12-3-1-11(2-4-12)15-16(29-10-9-25)18(27)24(17(15)26)13-5-7-14(8-6-13)28-19(21,22)23/h1-8,25H,9-10H2. The largest absolute Gasteiger partial charge is 0.573 e. The van der Waals surface area contributed by atoms with Gasteiger partial charge in [0, 0.05) is 5.75 Å². The molecule has 2 aromatic rings. The number of aliphatic hydroxyl groups is 1. The maximum atomic E-state index is 13.2. The lowest BCUT2D eigenvalue weighted by atomic mass is 10.1. The van der Waals surface area contributed by atoms with E-state index in [9.17, 15) is 27.2 Å². The number of ether oxygens (including phenoxy) is 1. The van der Waals surface area contributed by atoms with Crippen LogP contribution < -0.4 is 9.64 Å². The van der Waals surface area contributed by atoms with Gasteiger partial charge in [0.1, 0.15) is 11.6 Å². The average molecular weight is 427 g/mol. The van der Waals surface area contributed by atoms with Crippen molar-refractivity contribution in [2.24, 2.45) is 0 Å². The molecule has 1 aliphatic rings. The van der Waals surface area contributed by atoms with E-state index in [-0.39, 0.29) is 28.5 Å². The molecule has 0 bridgehead atoms. The van der Waals surface area contributed by atoms with E-state index in [1.807, 2.05) is 0 Å². The average Bonchev–Trinajstić information content (AvgIpc) is 2.90. The maximum Gasteiger partial charge on any atom is 0.573 e. The van der Waals surface area contributed by atoms with E-state index in [1.165, 1.54) is 12.1 Å². The van der Waals surface area contributed by atoms with Crippen LogP contribution in [0.4, 0.5) is 23.2 Å². The molecule has 0 radical (unpaired) electrons. The zero-order valence-electron chi connectivity index (χ0n) is 14.6. The second-order valence-electron chi connectivity index (χ2n) is 5.77. The summed E-state index contributed by atoms with van der Waals surface area (Å²) in [4.78, 5) is 26.7. The van der Waals surface area contributed by atoms with Crippen molar-refractivity contribution in [3.05, 3.63) is 64.8 Å². The van der Waals surface area contributed by atoms with Crippen molar-refractivity contribution < 1.29 is 37.0 Å². The van der Waals surface area contributed by atoms with Crippen molar-refractivity contribution in [1.29, 1.82) is 0 Å². The summed E-state index contributed by atoms with van der Waals surface area (Å²) >= 11 is 0.963. The van der Waals surface area contributed by atoms with Crippen LogP contribution in [0.25, 0.3) is 5.57 Å². The van der Waals surface area contributed by atoms with Gasteiger partial charge in [0.15, 0.2) is 0 Å². The van der Waals surface area contributed by atoms with Gasteiger partial charge < -0.3 is 9.84 Å². The number of anilines is 1. The molecule has 152 valence electrons. The molecule has 10 heteroatoms. The minimum atomic E-state index is -4.87. The van der Waals surface area contributed by atoms with Gasteiger partial charge in [-0.05, 0) is 42.0 Å². The predicted octanol–water partition coefficient (Wildman–Crippen LogP) is 3.73. The lowest BCUT2D eigenvalue weighted by molar-refractivity contribution is -0.274. The maximum absolute atomic E-state index is 13.2. The number of aliphatic hydroxyl groups excluding tert-OH is 1. The van der Waals surface area contributed by atoms with E-state index in [4.69, 9.17) is 5.11 Å². The molecule has 2 amide bonds. The molecule has 0 unspecified atom stereocenters. The lowest BCUT2D eigenvalue weighted by Gasteiger charge is -2.16. The Balaban J connectivity index is 1.95. The first-order valence-electron chi connectivity index (χ1n) is 8.20. The second-order valence-corrected chi connectivity index (χ2v) is 6.88. The Kier molecular flexibility index (Phi) is 5.94. The number of imide groups is 1. The SMILES string of the molecule is O=C1C(SCCO)=C(c2ccc(F)cc2)C(=O)N1c1ccc(OC(F)(F)F)cc1. The van der Waals surface area contributed by atoms with Crippen molar-refractivity contribution in [3.63, 3.8) is 0 Å². The predicted molar refractivity (Wildman–Crippen MR) is 98.5 cm³/mol. The Labute approximate surface area is 166 Å². The van der Waals surface area contributed by atoms with Gasteiger partial charge in [0.05, 0.1) is 22.8 Å². The number of halogens is 4. The highest BCUT2D eigenvalue weighted by Crippen LogP contribution is 2.38. The Morgan fingerprint density at radius 1 is 0.966 bits per heavy atom. The molecule has 1 aliphatic heterocycles. The zero-order valence-corrected chi connectivity index (χ0v) is 15.4. The van der Waals surface area contributed by atoms with E-state index in [0.29, 0.717) is 5.56 Å². The van der Waals surface area contributed by atoms with E-state index in [1.54, 1.807) is 0 Å². The fourth-order valence-corrected chi connectivity index (χ4v) is 3.55. The van der Waals surface area contributed by atoms with Gasteiger partial charge in [-0.1, -0.05) is 12.1 Å². The molecule has 0 aliphatic carbocycles. The van der Waals surface area contributed by atoms with E-state index < -0.39 is 29.7 Å². The van der Waals surface area contributed by atoms with Gasteiger partial charge in [-0.25, -0.2) is 9.29 Å². The number of benzene rings is 2. The molecular weight excluding hydrogens is 414 g/mol. The van der Waals surface area contributed by atoms with Crippen molar-refractivity contribution >= 4 is 34.8 Å². The van der Waals surface area contributed by atoms with Crippen LogP contribution in [0.5, 0.6) is 5.75 Å². The van der Waals surface area contributed by atoms with Gasteiger partial charge in [-0.2, -0.15) is 0 Å². The minimum Gasteiger partial charge on any atom is -0.406 e. The van der Waals surface area contributed by atoms with Crippen molar-refractivity contribution in [3.8, 4) is 5.75 Å². The van der Waals surface area contributed by atoms with Crippen LogP contribution in [0.1, 0.15) is 5.56 Å². The van der Waals surface area contributed by atoms with Crippen molar-refractivity contribution in [2.45, 2.75) is 6.36 Å². The third-order valence-corrected chi connectivity index (χ3v) is 4.89. The molecular formula is C19H13F4NO4S. The minimum absolute atomic E-state index is 0.0315.